The number of halogens is 1. The van der Waals surface area contributed by atoms with Crippen LogP contribution in [0.2, 0.25) is 5.02 Å². The van der Waals surface area contributed by atoms with Crippen LogP contribution in [0.15, 0.2) is 66.2 Å². The van der Waals surface area contributed by atoms with Gasteiger partial charge in [0, 0.05) is 23.5 Å². The van der Waals surface area contributed by atoms with Crippen molar-refractivity contribution in [2.75, 3.05) is 23.8 Å². The average Bonchev–Trinajstić information content (AvgIpc) is 2.88. The van der Waals surface area contributed by atoms with Gasteiger partial charge in [-0.2, -0.15) is 5.26 Å². The molecule has 11 heteroatoms. The SMILES string of the molecule is CCOc1cc(/C=C(/C#N)C(=O)Nc2cccc([N+](=O)[O-])c2)cc(Cl)c1OCC(=O)Nc1ccccc1C. The van der Waals surface area contributed by atoms with Gasteiger partial charge in [0.15, 0.2) is 18.1 Å². The Balaban J connectivity index is 1.78. The number of nitrogens with one attached hydrogen (secondary N) is 2. The first kappa shape index (κ1) is 27.7. The lowest BCUT2D eigenvalue weighted by atomic mass is 10.1. The number of nitro benzene ring substituents is 1. The third-order valence-corrected chi connectivity index (χ3v) is 5.37. The molecule has 0 bridgehead atoms. The molecule has 0 saturated heterocycles. The van der Waals surface area contributed by atoms with Crippen molar-refractivity contribution in [3.05, 3.63) is 92.5 Å². The summed E-state index contributed by atoms with van der Waals surface area (Å²) in [7, 11) is 0. The van der Waals surface area contributed by atoms with Gasteiger partial charge >= 0.3 is 0 Å². The van der Waals surface area contributed by atoms with Gasteiger partial charge in [-0.1, -0.05) is 35.9 Å². The fourth-order valence-electron chi connectivity index (χ4n) is 3.32. The van der Waals surface area contributed by atoms with Crippen molar-refractivity contribution in [1.82, 2.24) is 0 Å². The fourth-order valence-corrected chi connectivity index (χ4v) is 3.60. The van der Waals surface area contributed by atoms with Crippen molar-refractivity contribution in [3.8, 4) is 17.6 Å². The van der Waals surface area contributed by atoms with Crippen LogP contribution >= 0.6 is 11.6 Å². The molecule has 10 nitrogen and oxygen atoms in total. The highest BCUT2D eigenvalue weighted by atomic mass is 35.5. The highest BCUT2D eigenvalue weighted by Gasteiger charge is 2.17. The van der Waals surface area contributed by atoms with Crippen LogP contribution in [0.25, 0.3) is 6.08 Å². The van der Waals surface area contributed by atoms with Gasteiger partial charge in [-0.3, -0.25) is 19.7 Å². The molecule has 194 valence electrons. The molecule has 0 spiro atoms. The third-order valence-electron chi connectivity index (χ3n) is 5.09. The van der Waals surface area contributed by atoms with Gasteiger partial charge in [-0.05, 0) is 55.3 Å². The van der Waals surface area contributed by atoms with Gasteiger partial charge in [0.25, 0.3) is 17.5 Å². The molecule has 0 aliphatic carbocycles. The van der Waals surface area contributed by atoms with E-state index in [1.807, 2.05) is 25.1 Å². The standard InChI is InChI=1S/C27H23ClN4O6/c1-3-37-24-13-18(11-19(15-29)27(34)30-20-8-6-9-21(14-20)32(35)36)12-22(28)26(24)38-16-25(33)31-23-10-5-4-7-17(23)2/h4-14H,3,16H2,1-2H3,(H,30,34)(H,31,33)/b19-11-. The van der Waals surface area contributed by atoms with Gasteiger partial charge in [0.1, 0.15) is 11.6 Å². The molecule has 0 radical (unpaired) electrons. The topological polar surface area (TPSA) is 144 Å². The van der Waals surface area contributed by atoms with Crippen molar-refractivity contribution in [2.24, 2.45) is 0 Å². The van der Waals surface area contributed by atoms with E-state index in [2.05, 4.69) is 10.6 Å². The minimum Gasteiger partial charge on any atom is -0.490 e. The maximum atomic E-state index is 12.6. The van der Waals surface area contributed by atoms with Crippen LogP contribution < -0.4 is 20.1 Å². The van der Waals surface area contributed by atoms with E-state index in [9.17, 15) is 25.0 Å². The Morgan fingerprint density at radius 3 is 2.55 bits per heavy atom. The number of carbonyl (C=O) groups is 2. The van der Waals surface area contributed by atoms with Gasteiger partial charge in [-0.15, -0.1) is 0 Å². The van der Waals surface area contributed by atoms with Gasteiger partial charge in [0.05, 0.1) is 16.6 Å². The van der Waals surface area contributed by atoms with Crippen molar-refractivity contribution in [3.63, 3.8) is 0 Å². The van der Waals surface area contributed by atoms with E-state index in [0.29, 0.717) is 11.3 Å². The number of nitriles is 1. The minimum absolute atomic E-state index is 0.0993. The molecule has 0 saturated carbocycles. The largest absolute Gasteiger partial charge is 0.490 e. The first-order valence-corrected chi connectivity index (χ1v) is 11.7. The number of benzene rings is 3. The number of ether oxygens (including phenoxy) is 2. The Kier molecular flexibility index (Phi) is 9.40. The monoisotopic (exact) mass is 534 g/mol. The lowest BCUT2D eigenvalue weighted by Crippen LogP contribution is -2.21. The molecule has 0 aliphatic heterocycles. The molecule has 3 rings (SSSR count). The number of rotatable bonds is 10. The van der Waals surface area contributed by atoms with Crippen LogP contribution in [0.3, 0.4) is 0 Å². The van der Waals surface area contributed by atoms with Crippen molar-refractivity contribution in [2.45, 2.75) is 13.8 Å². The molecular weight excluding hydrogens is 512 g/mol. The number of hydrogen-bond acceptors (Lipinski definition) is 7. The summed E-state index contributed by atoms with van der Waals surface area (Å²) in [6, 6.07) is 17.4. The zero-order valence-corrected chi connectivity index (χ0v) is 21.2. The lowest BCUT2D eigenvalue weighted by Gasteiger charge is -2.15. The van der Waals surface area contributed by atoms with Crippen molar-refractivity contribution >= 4 is 46.6 Å². The predicted octanol–water partition coefficient (Wildman–Crippen LogP) is 5.52. The minimum atomic E-state index is -0.768. The summed E-state index contributed by atoms with van der Waals surface area (Å²) >= 11 is 6.41. The van der Waals surface area contributed by atoms with E-state index in [0.717, 1.165) is 5.56 Å². The second kappa shape index (κ2) is 12.9. The van der Waals surface area contributed by atoms with Crippen LogP contribution in [0.4, 0.5) is 17.1 Å². The highest BCUT2D eigenvalue weighted by Crippen LogP contribution is 2.37. The van der Waals surface area contributed by atoms with Crippen LogP contribution in [0, 0.1) is 28.4 Å². The van der Waals surface area contributed by atoms with Gasteiger partial charge in [-0.25, -0.2) is 0 Å². The summed E-state index contributed by atoms with van der Waals surface area (Å²) in [5.74, 6) is -0.821. The fraction of sp³-hybridized carbons (Fsp3) is 0.148. The Morgan fingerprint density at radius 2 is 1.87 bits per heavy atom. The molecular formula is C27H23ClN4O6. The number of nitro groups is 1. The molecule has 3 aromatic carbocycles. The van der Waals surface area contributed by atoms with E-state index in [1.165, 1.54) is 42.5 Å². The van der Waals surface area contributed by atoms with Crippen LogP contribution in [-0.2, 0) is 9.59 Å². The normalized spacial score (nSPS) is 10.7. The zero-order chi connectivity index (χ0) is 27.7. The van der Waals surface area contributed by atoms with E-state index < -0.39 is 16.7 Å². The summed E-state index contributed by atoms with van der Waals surface area (Å²) in [6.45, 7) is 3.54. The zero-order valence-electron chi connectivity index (χ0n) is 20.5. The summed E-state index contributed by atoms with van der Waals surface area (Å²) in [4.78, 5) is 35.4. The maximum absolute atomic E-state index is 12.6. The van der Waals surface area contributed by atoms with Crippen LogP contribution in [0.5, 0.6) is 11.5 Å². The Labute approximate surface area is 223 Å². The summed E-state index contributed by atoms with van der Waals surface area (Å²) in [5.41, 5.74) is 1.59. The third kappa shape index (κ3) is 7.32. The van der Waals surface area contributed by atoms with E-state index >= 15 is 0 Å². The summed E-state index contributed by atoms with van der Waals surface area (Å²) in [5, 5.41) is 25.8. The molecule has 2 amide bonds. The first-order chi connectivity index (χ1) is 18.2. The number of non-ortho nitro benzene ring substituents is 1. The number of amides is 2. The summed E-state index contributed by atoms with van der Waals surface area (Å²) < 4.78 is 11.3. The maximum Gasteiger partial charge on any atom is 0.271 e. The number of nitrogens with zero attached hydrogens (tertiary/aromatic N) is 2. The molecule has 38 heavy (non-hydrogen) atoms. The molecule has 0 unspecified atom stereocenters. The van der Waals surface area contributed by atoms with E-state index in [4.69, 9.17) is 21.1 Å². The average molecular weight is 535 g/mol. The quantitative estimate of drug-likeness (QED) is 0.151. The first-order valence-electron chi connectivity index (χ1n) is 11.3. The predicted molar refractivity (Wildman–Crippen MR) is 143 cm³/mol. The number of aryl methyl sites for hydroxylation is 1. The molecule has 0 fully saturated rings. The van der Waals surface area contributed by atoms with Crippen molar-refractivity contribution in [1.29, 1.82) is 5.26 Å². The lowest BCUT2D eigenvalue weighted by molar-refractivity contribution is -0.384. The Bertz CT molecular complexity index is 1450. The molecule has 0 aromatic heterocycles. The van der Waals surface area contributed by atoms with E-state index in [1.54, 1.807) is 19.1 Å². The van der Waals surface area contributed by atoms with Gasteiger partial charge in [0.2, 0.25) is 0 Å². The number of carbonyl (C=O) groups excluding carboxylic acids is 2. The second-order valence-corrected chi connectivity index (χ2v) is 8.25. The Hall–Kier alpha value is -4.88. The van der Waals surface area contributed by atoms with Crippen LogP contribution in [-0.4, -0.2) is 30.0 Å². The second-order valence-electron chi connectivity index (χ2n) is 7.85. The number of hydrogen-bond donors (Lipinski definition) is 2. The van der Waals surface area contributed by atoms with Crippen LogP contribution in [0.1, 0.15) is 18.1 Å². The molecule has 3 aromatic rings. The van der Waals surface area contributed by atoms with Crippen molar-refractivity contribution < 1.29 is 24.0 Å². The summed E-state index contributed by atoms with van der Waals surface area (Å²) in [6.07, 6.45) is 1.29. The smallest absolute Gasteiger partial charge is 0.271 e. The molecule has 0 heterocycles. The number of anilines is 2. The number of para-hydroxylation sites is 1. The van der Waals surface area contributed by atoms with E-state index in [-0.39, 0.29) is 46.7 Å². The molecule has 2 N–H and O–H groups in total. The molecule has 0 atom stereocenters. The van der Waals surface area contributed by atoms with Gasteiger partial charge < -0.3 is 20.1 Å². The highest BCUT2D eigenvalue weighted by molar-refractivity contribution is 6.32. The molecule has 0 aliphatic rings. The Morgan fingerprint density at radius 1 is 1.11 bits per heavy atom.